The van der Waals surface area contributed by atoms with Crippen LogP contribution in [0.15, 0.2) is 48.7 Å². The van der Waals surface area contributed by atoms with Crippen molar-refractivity contribution in [2.24, 2.45) is 5.92 Å². The largest absolute Gasteiger partial charge is 0.481 e. The van der Waals surface area contributed by atoms with E-state index >= 15 is 0 Å². The van der Waals surface area contributed by atoms with E-state index in [9.17, 15) is 4.79 Å². The Bertz CT molecular complexity index is 721. The molecule has 0 aliphatic carbocycles. The number of anilines is 1. The third kappa shape index (κ3) is 6.53. The van der Waals surface area contributed by atoms with Crippen molar-refractivity contribution in [3.63, 3.8) is 0 Å². The molecule has 3 rings (SSSR count). The molecule has 1 saturated heterocycles. The minimum absolute atomic E-state index is 0.203. The molecule has 6 nitrogen and oxygen atoms in total. The first-order chi connectivity index (χ1) is 13.7. The summed E-state index contributed by atoms with van der Waals surface area (Å²) in [5.74, 6) is 1.27. The van der Waals surface area contributed by atoms with Gasteiger partial charge in [0.05, 0.1) is 19.0 Å². The summed E-state index contributed by atoms with van der Waals surface area (Å²) in [6.07, 6.45) is 7.23. The third-order valence-electron chi connectivity index (χ3n) is 5.19. The van der Waals surface area contributed by atoms with Crippen LogP contribution >= 0.6 is 0 Å². The number of piperidine rings is 1. The summed E-state index contributed by atoms with van der Waals surface area (Å²) in [5.41, 5.74) is 2.08. The fourth-order valence-electron chi connectivity index (χ4n) is 3.75. The van der Waals surface area contributed by atoms with Gasteiger partial charge in [-0.25, -0.2) is 9.78 Å². The van der Waals surface area contributed by atoms with Crippen molar-refractivity contribution in [2.75, 3.05) is 25.5 Å². The maximum Gasteiger partial charge on any atom is 0.319 e. The second kappa shape index (κ2) is 10.7. The molecule has 2 aromatic rings. The van der Waals surface area contributed by atoms with Gasteiger partial charge in [-0.2, -0.15) is 0 Å². The lowest BCUT2D eigenvalue weighted by atomic mass is 9.86. The van der Waals surface area contributed by atoms with Gasteiger partial charge in [-0.3, -0.25) is 0 Å². The zero-order chi connectivity index (χ0) is 19.6. The van der Waals surface area contributed by atoms with Crippen LogP contribution in [0.25, 0.3) is 0 Å². The number of ether oxygens (including phenoxy) is 1. The molecule has 0 spiro atoms. The van der Waals surface area contributed by atoms with Crippen LogP contribution in [-0.2, 0) is 6.42 Å². The number of carbonyl (C=O) groups is 1. The molecule has 2 amide bonds. The number of urea groups is 1. The Morgan fingerprint density at radius 2 is 2.11 bits per heavy atom. The molecular formula is C22H30N4O2. The molecule has 2 atom stereocenters. The van der Waals surface area contributed by atoms with Crippen molar-refractivity contribution in [3.8, 4) is 5.88 Å². The van der Waals surface area contributed by atoms with Gasteiger partial charge in [-0.05, 0) is 56.2 Å². The molecule has 0 saturated carbocycles. The lowest BCUT2D eigenvalue weighted by molar-refractivity contribution is 0.250. The highest BCUT2D eigenvalue weighted by molar-refractivity contribution is 5.88. The van der Waals surface area contributed by atoms with Crippen molar-refractivity contribution in [3.05, 3.63) is 54.2 Å². The minimum atomic E-state index is -0.203. The number of nitrogens with one attached hydrogen (secondary N) is 3. The van der Waals surface area contributed by atoms with E-state index in [-0.39, 0.29) is 6.03 Å². The highest BCUT2D eigenvalue weighted by atomic mass is 16.5. The van der Waals surface area contributed by atoms with E-state index in [2.05, 4.69) is 51.3 Å². The molecule has 0 bridgehead atoms. The monoisotopic (exact) mass is 382 g/mol. The van der Waals surface area contributed by atoms with E-state index in [1.807, 2.05) is 0 Å². The van der Waals surface area contributed by atoms with Gasteiger partial charge in [0.15, 0.2) is 0 Å². The lowest BCUT2D eigenvalue weighted by Gasteiger charge is -2.30. The molecule has 0 unspecified atom stereocenters. The molecule has 1 aliphatic heterocycles. The van der Waals surface area contributed by atoms with E-state index < -0.39 is 0 Å². The van der Waals surface area contributed by atoms with Crippen LogP contribution in [0.4, 0.5) is 10.5 Å². The highest BCUT2D eigenvalue weighted by Gasteiger charge is 2.21. The average Bonchev–Trinajstić information content (AvgIpc) is 2.73. The third-order valence-corrected chi connectivity index (χ3v) is 5.19. The van der Waals surface area contributed by atoms with Crippen LogP contribution in [0.1, 0.15) is 31.2 Å². The standard InChI is InChI=1S/C22H30N4O2/c1-28-21-10-9-20(16-25-21)26-22(27)24-12-5-8-19-15-18(11-13-23-19)14-17-6-3-2-4-7-17/h2-4,6-7,9-10,16,18-19,23H,5,8,11-15H2,1H3,(H2,24,26,27)/t18-,19-/m0/s1. The van der Waals surface area contributed by atoms with Crippen LogP contribution in [0.5, 0.6) is 5.88 Å². The van der Waals surface area contributed by atoms with Crippen LogP contribution < -0.4 is 20.7 Å². The molecular weight excluding hydrogens is 352 g/mol. The minimum Gasteiger partial charge on any atom is -0.481 e. The first kappa shape index (κ1) is 20.1. The molecule has 150 valence electrons. The number of rotatable bonds is 8. The number of amides is 2. The number of aromatic nitrogens is 1. The molecule has 1 aromatic heterocycles. The van der Waals surface area contributed by atoms with Crippen LogP contribution in [0.2, 0.25) is 0 Å². The maximum absolute atomic E-state index is 12.0. The number of nitrogens with zero attached hydrogens (tertiary/aromatic N) is 1. The summed E-state index contributed by atoms with van der Waals surface area (Å²) in [7, 11) is 1.56. The number of methoxy groups -OCH3 is 1. The van der Waals surface area contributed by atoms with Gasteiger partial charge in [0, 0.05) is 18.7 Å². The van der Waals surface area contributed by atoms with E-state index in [1.165, 1.54) is 18.4 Å². The summed E-state index contributed by atoms with van der Waals surface area (Å²) in [6, 6.07) is 14.6. The van der Waals surface area contributed by atoms with Crippen LogP contribution in [-0.4, -0.2) is 37.3 Å². The Morgan fingerprint density at radius 1 is 1.25 bits per heavy atom. The zero-order valence-corrected chi connectivity index (χ0v) is 16.5. The number of hydrogen-bond donors (Lipinski definition) is 3. The first-order valence-corrected chi connectivity index (χ1v) is 10.0. The topological polar surface area (TPSA) is 75.3 Å². The molecule has 1 aliphatic rings. The molecule has 6 heteroatoms. The second-order valence-electron chi connectivity index (χ2n) is 7.34. The van der Waals surface area contributed by atoms with Crippen molar-refractivity contribution in [2.45, 2.75) is 38.1 Å². The van der Waals surface area contributed by atoms with E-state index in [0.29, 0.717) is 24.2 Å². The van der Waals surface area contributed by atoms with Crippen molar-refractivity contribution >= 4 is 11.7 Å². The van der Waals surface area contributed by atoms with Crippen LogP contribution in [0.3, 0.4) is 0 Å². The Morgan fingerprint density at radius 3 is 2.86 bits per heavy atom. The molecule has 1 aromatic carbocycles. The number of hydrogen-bond acceptors (Lipinski definition) is 4. The highest BCUT2D eigenvalue weighted by Crippen LogP contribution is 2.23. The van der Waals surface area contributed by atoms with E-state index in [1.54, 1.807) is 25.4 Å². The van der Waals surface area contributed by atoms with Gasteiger partial charge in [0.2, 0.25) is 5.88 Å². The van der Waals surface area contributed by atoms with Crippen molar-refractivity contribution in [1.82, 2.24) is 15.6 Å². The molecule has 2 heterocycles. The van der Waals surface area contributed by atoms with Gasteiger partial charge in [0.1, 0.15) is 0 Å². The predicted octanol–water partition coefficient (Wildman–Crippen LogP) is 3.60. The zero-order valence-electron chi connectivity index (χ0n) is 16.5. The summed E-state index contributed by atoms with van der Waals surface area (Å²) >= 11 is 0. The van der Waals surface area contributed by atoms with Crippen LogP contribution in [0, 0.1) is 5.92 Å². The fourth-order valence-corrected chi connectivity index (χ4v) is 3.75. The molecule has 0 radical (unpaired) electrons. The average molecular weight is 383 g/mol. The van der Waals surface area contributed by atoms with Gasteiger partial charge >= 0.3 is 6.03 Å². The summed E-state index contributed by atoms with van der Waals surface area (Å²) in [6.45, 7) is 1.75. The van der Waals surface area contributed by atoms with Gasteiger partial charge in [0.25, 0.3) is 0 Å². The van der Waals surface area contributed by atoms with Gasteiger partial charge < -0.3 is 20.7 Å². The number of carbonyl (C=O) groups excluding carboxylic acids is 1. The van der Waals surface area contributed by atoms with Crippen molar-refractivity contribution < 1.29 is 9.53 Å². The van der Waals surface area contributed by atoms with Gasteiger partial charge in [-0.15, -0.1) is 0 Å². The summed E-state index contributed by atoms with van der Waals surface area (Å²) in [4.78, 5) is 16.0. The lowest BCUT2D eigenvalue weighted by Crippen LogP contribution is -2.39. The Balaban J connectivity index is 1.32. The number of pyridine rings is 1. The van der Waals surface area contributed by atoms with Gasteiger partial charge in [-0.1, -0.05) is 30.3 Å². The summed E-state index contributed by atoms with van der Waals surface area (Å²) in [5, 5.41) is 9.32. The Kier molecular flexibility index (Phi) is 7.67. The van der Waals surface area contributed by atoms with E-state index in [4.69, 9.17) is 4.74 Å². The normalized spacial score (nSPS) is 19.0. The predicted molar refractivity (Wildman–Crippen MR) is 112 cm³/mol. The molecule has 1 fully saturated rings. The summed E-state index contributed by atoms with van der Waals surface area (Å²) < 4.78 is 5.01. The quantitative estimate of drug-likeness (QED) is 0.610. The maximum atomic E-state index is 12.0. The molecule has 28 heavy (non-hydrogen) atoms. The Hall–Kier alpha value is -2.60. The van der Waals surface area contributed by atoms with Crippen molar-refractivity contribution in [1.29, 1.82) is 0 Å². The Labute approximate surface area is 167 Å². The molecule has 3 N–H and O–H groups in total. The first-order valence-electron chi connectivity index (χ1n) is 10.0. The SMILES string of the molecule is COc1ccc(NC(=O)NCCC[C@H]2C[C@H](Cc3ccccc3)CCN2)cn1. The van der Waals surface area contributed by atoms with E-state index in [0.717, 1.165) is 31.7 Å². The fraction of sp³-hybridized carbons (Fsp3) is 0.455. The second-order valence-corrected chi connectivity index (χ2v) is 7.34. The number of benzene rings is 1. The smallest absolute Gasteiger partial charge is 0.319 e.